The van der Waals surface area contributed by atoms with Crippen LogP contribution in [0.5, 0.6) is 0 Å². The summed E-state index contributed by atoms with van der Waals surface area (Å²) in [5.41, 5.74) is 4.90. The van der Waals surface area contributed by atoms with Crippen LogP contribution in [-0.4, -0.2) is 28.8 Å². The first-order valence-electron chi connectivity index (χ1n) is 16.0. The van der Waals surface area contributed by atoms with Crippen molar-refractivity contribution >= 4 is 11.7 Å². The van der Waals surface area contributed by atoms with Gasteiger partial charge in [0.15, 0.2) is 0 Å². The highest BCUT2D eigenvalue weighted by Gasteiger charge is 2.39. The van der Waals surface area contributed by atoms with E-state index in [-0.39, 0.29) is 41.0 Å². The van der Waals surface area contributed by atoms with E-state index in [9.17, 15) is 9.59 Å². The summed E-state index contributed by atoms with van der Waals surface area (Å²) in [7, 11) is 0. The van der Waals surface area contributed by atoms with Gasteiger partial charge in [-0.05, 0) is 80.8 Å². The van der Waals surface area contributed by atoms with Crippen LogP contribution < -0.4 is 10.6 Å². The van der Waals surface area contributed by atoms with Gasteiger partial charge in [0.1, 0.15) is 11.6 Å². The van der Waals surface area contributed by atoms with E-state index in [2.05, 4.69) is 62.6 Å². The zero-order valence-corrected chi connectivity index (χ0v) is 27.1. The van der Waals surface area contributed by atoms with Crippen molar-refractivity contribution in [2.75, 3.05) is 0 Å². The minimum atomic E-state index is -0.545. The number of carbonyl (C=O) groups excluding carboxylic acids is 2. The zero-order chi connectivity index (χ0) is 32.2. The third-order valence-electron chi connectivity index (χ3n) is 8.96. The van der Waals surface area contributed by atoms with Gasteiger partial charge in [-0.25, -0.2) is 4.39 Å². The number of rotatable bonds is 10. The lowest BCUT2D eigenvalue weighted by Crippen LogP contribution is -2.62. The van der Waals surface area contributed by atoms with Crippen LogP contribution in [0.3, 0.4) is 0 Å². The Kier molecular flexibility index (Phi) is 9.69. The molecule has 0 saturated carbocycles. The van der Waals surface area contributed by atoms with Gasteiger partial charge in [0.2, 0.25) is 5.91 Å². The quantitative estimate of drug-likeness (QED) is 0.191. The number of hydrogen-bond acceptors (Lipinski definition) is 3. The van der Waals surface area contributed by atoms with Crippen molar-refractivity contribution in [1.29, 1.82) is 0 Å². The second-order valence-corrected chi connectivity index (χ2v) is 14.0. The first-order valence-corrected chi connectivity index (χ1v) is 16.0. The van der Waals surface area contributed by atoms with Gasteiger partial charge in [-0.1, -0.05) is 104 Å². The van der Waals surface area contributed by atoms with E-state index in [0.717, 1.165) is 35.1 Å². The summed E-state index contributed by atoms with van der Waals surface area (Å²) in [5, 5.41) is 6.99. The first kappa shape index (κ1) is 32.3. The molecular weight excluding hydrogens is 559 g/mol. The van der Waals surface area contributed by atoms with Crippen LogP contribution in [0.1, 0.15) is 70.9 Å². The molecule has 0 spiro atoms. The molecule has 45 heavy (non-hydrogen) atoms. The number of nitrogens with one attached hydrogen (secondary N) is 2. The fourth-order valence-corrected chi connectivity index (χ4v) is 7.01. The van der Waals surface area contributed by atoms with E-state index in [1.807, 2.05) is 66.7 Å². The van der Waals surface area contributed by atoms with Gasteiger partial charge < -0.3 is 10.6 Å². The monoisotopic (exact) mass is 604 g/mol. The van der Waals surface area contributed by atoms with Crippen molar-refractivity contribution in [2.24, 2.45) is 5.92 Å². The van der Waals surface area contributed by atoms with E-state index in [4.69, 9.17) is 0 Å². The Morgan fingerprint density at radius 1 is 0.800 bits per heavy atom. The second-order valence-electron chi connectivity index (χ2n) is 14.0. The molecule has 5 heteroatoms. The van der Waals surface area contributed by atoms with Crippen molar-refractivity contribution in [1.82, 2.24) is 10.6 Å². The number of piperidine rings is 1. The van der Waals surface area contributed by atoms with E-state index in [0.29, 0.717) is 17.5 Å². The Bertz CT molecular complexity index is 1600. The highest BCUT2D eigenvalue weighted by molar-refractivity contribution is 5.91. The summed E-state index contributed by atoms with van der Waals surface area (Å²) in [6.45, 7) is 10.4. The average molecular weight is 605 g/mol. The molecule has 0 radical (unpaired) electrons. The molecule has 5 rings (SSSR count). The van der Waals surface area contributed by atoms with Crippen LogP contribution in [0.15, 0.2) is 103 Å². The largest absolute Gasteiger partial charge is 0.353 e. The molecule has 1 amide bonds. The third kappa shape index (κ3) is 8.34. The van der Waals surface area contributed by atoms with E-state index in [1.165, 1.54) is 6.07 Å². The number of amides is 1. The number of carbonyl (C=O) groups is 2. The summed E-state index contributed by atoms with van der Waals surface area (Å²) >= 11 is 0. The van der Waals surface area contributed by atoms with Crippen LogP contribution in [0.2, 0.25) is 0 Å². The van der Waals surface area contributed by atoms with Gasteiger partial charge in [-0.2, -0.15) is 0 Å². The van der Waals surface area contributed by atoms with Crippen molar-refractivity contribution < 1.29 is 14.0 Å². The predicted octanol–water partition coefficient (Wildman–Crippen LogP) is 8.51. The molecule has 0 unspecified atom stereocenters. The lowest BCUT2D eigenvalue weighted by atomic mass is 9.79. The molecule has 2 atom stereocenters. The van der Waals surface area contributed by atoms with Crippen molar-refractivity contribution in [3.8, 4) is 22.3 Å². The Hall–Kier alpha value is -4.09. The van der Waals surface area contributed by atoms with Gasteiger partial charge in [0.25, 0.3) is 0 Å². The summed E-state index contributed by atoms with van der Waals surface area (Å²) < 4.78 is 15.2. The molecule has 1 aliphatic rings. The van der Waals surface area contributed by atoms with Gasteiger partial charge >= 0.3 is 0 Å². The number of hydrogen-bond donors (Lipinski definition) is 2. The fourth-order valence-electron chi connectivity index (χ4n) is 7.01. The summed E-state index contributed by atoms with van der Waals surface area (Å²) in [5.74, 6) is -1.63. The third-order valence-corrected chi connectivity index (χ3v) is 8.96. The maximum absolute atomic E-state index is 15.2. The molecule has 0 aliphatic carbocycles. The topological polar surface area (TPSA) is 58.2 Å². The number of ketones is 1. The highest BCUT2D eigenvalue weighted by atomic mass is 19.1. The van der Waals surface area contributed by atoms with Crippen molar-refractivity contribution in [3.63, 3.8) is 0 Å². The Labute approximate surface area is 267 Å². The maximum Gasteiger partial charge on any atom is 0.224 e. The number of Topliss-reactive ketones (excluding diaryl/α,β-unsaturated/α-hetero) is 1. The Morgan fingerprint density at radius 3 is 1.93 bits per heavy atom. The molecule has 4 aromatic rings. The number of benzene rings is 4. The molecule has 1 fully saturated rings. The smallest absolute Gasteiger partial charge is 0.224 e. The Balaban J connectivity index is 1.35. The molecule has 1 aliphatic heterocycles. The molecule has 0 aromatic heterocycles. The van der Waals surface area contributed by atoms with Crippen LogP contribution >= 0.6 is 0 Å². The van der Waals surface area contributed by atoms with E-state index in [1.54, 1.807) is 13.0 Å². The molecule has 1 saturated heterocycles. The molecule has 0 bridgehead atoms. The van der Waals surface area contributed by atoms with Gasteiger partial charge in [0.05, 0.1) is 0 Å². The molecular formula is C40H45FN2O2. The SMILES string of the molecule is C[C@H](C(=O)C[C@H](Cc1ccc(-c2ccccc2)cc1)C(=O)NC1CC(C)(C)NC(C)(C)C1)c1ccc(-c2ccccc2)c(F)c1. The normalized spacial score (nSPS) is 17.3. The lowest BCUT2D eigenvalue weighted by molar-refractivity contribution is -0.130. The van der Waals surface area contributed by atoms with Crippen LogP contribution in [0, 0.1) is 11.7 Å². The minimum Gasteiger partial charge on any atom is -0.353 e. The van der Waals surface area contributed by atoms with Gasteiger partial charge in [-0.15, -0.1) is 0 Å². The van der Waals surface area contributed by atoms with Gasteiger partial charge in [0, 0.05) is 40.9 Å². The lowest BCUT2D eigenvalue weighted by Gasteiger charge is -2.46. The standard InChI is InChI=1S/C40H45FN2O2/c1-27(32-20-21-35(36(41)23-32)31-14-10-7-11-15-31)37(44)24-33(38(45)42-34-25-39(2,3)43-40(4,5)26-34)22-28-16-18-30(19-17-28)29-12-8-6-9-13-29/h6-21,23,27,33-34,43H,22,24-26H2,1-5H3,(H,42,45)/t27-,33-/m0/s1. The molecule has 4 aromatic carbocycles. The van der Waals surface area contributed by atoms with Crippen LogP contribution in [0.4, 0.5) is 4.39 Å². The molecule has 2 N–H and O–H groups in total. The minimum absolute atomic E-state index is 0.00106. The van der Waals surface area contributed by atoms with E-state index >= 15 is 4.39 Å². The van der Waals surface area contributed by atoms with Crippen LogP contribution in [-0.2, 0) is 16.0 Å². The highest BCUT2D eigenvalue weighted by Crippen LogP contribution is 2.31. The van der Waals surface area contributed by atoms with Gasteiger partial charge in [-0.3, -0.25) is 9.59 Å². The van der Waals surface area contributed by atoms with Crippen molar-refractivity contribution in [2.45, 2.75) is 83.3 Å². The second kappa shape index (κ2) is 13.5. The maximum atomic E-state index is 15.2. The van der Waals surface area contributed by atoms with Crippen molar-refractivity contribution in [3.05, 3.63) is 120 Å². The predicted molar refractivity (Wildman–Crippen MR) is 181 cm³/mol. The van der Waals surface area contributed by atoms with E-state index < -0.39 is 11.8 Å². The zero-order valence-electron chi connectivity index (χ0n) is 27.1. The molecule has 4 nitrogen and oxygen atoms in total. The average Bonchev–Trinajstić information content (AvgIpc) is 3.00. The molecule has 234 valence electrons. The first-order chi connectivity index (χ1) is 21.4. The summed E-state index contributed by atoms with van der Waals surface area (Å²) in [6.07, 6.45) is 2.13. The number of halogens is 1. The summed E-state index contributed by atoms with van der Waals surface area (Å²) in [4.78, 5) is 27.7. The fraction of sp³-hybridized carbons (Fsp3) is 0.350. The summed E-state index contributed by atoms with van der Waals surface area (Å²) in [6, 6.07) is 32.8. The Morgan fingerprint density at radius 2 is 1.36 bits per heavy atom. The van der Waals surface area contributed by atoms with Crippen LogP contribution in [0.25, 0.3) is 22.3 Å². The molecule has 1 heterocycles.